The van der Waals surface area contributed by atoms with E-state index in [-0.39, 0.29) is 0 Å². The molecule has 0 atom stereocenters. The van der Waals surface area contributed by atoms with Crippen LogP contribution in [0.5, 0.6) is 0 Å². The normalized spacial score (nSPS) is 13.9. The smallest absolute Gasteiger partial charge is 0.412 e. The van der Waals surface area contributed by atoms with E-state index in [2.05, 4.69) is 47.9 Å². The second kappa shape index (κ2) is 6.89. The third-order valence-electron chi connectivity index (χ3n) is 4.23. The summed E-state index contributed by atoms with van der Waals surface area (Å²) in [7, 11) is 0. The lowest BCUT2D eigenvalue weighted by molar-refractivity contribution is 0.0636. The van der Waals surface area contributed by atoms with E-state index in [9.17, 15) is 4.79 Å². The van der Waals surface area contributed by atoms with Gasteiger partial charge in [-0.2, -0.15) is 0 Å². The summed E-state index contributed by atoms with van der Waals surface area (Å²) < 4.78 is 5.48. The number of benzene rings is 2. The molecule has 1 aliphatic rings. The Bertz CT molecular complexity index is 791. The fourth-order valence-electron chi connectivity index (χ4n) is 3.18. The van der Waals surface area contributed by atoms with Crippen molar-refractivity contribution in [1.82, 2.24) is 5.32 Å². The number of aryl methyl sites for hydroxylation is 1. The van der Waals surface area contributed by atoms with Crippen molar-refractivity contribution >= 4 is 11.8 Å². The first-order chi connectivity index (χ1) is 11.8. The number of fused-ring (bicyclic) bond motifs is 1. The van der Waals surface area contributed by atoms with Crippen molar-refractivity contribution in [3.63, 3.8) is 0 Å². The van der Waals surface area contributed by atoms with Crippen LogP contribution >= 0.6 is 0 Å². The van der Waals surface area contributed by atoms with Gasteiger partial charge in [0.15, 0.2) is 0 Å². The summed E-state index contributed by atoms with van der Waals surface area (Å²) in [5.41, 5.74) is 6.11. The Labute approximate surface area is 149 Å². The molecule has 132 valence electrons. The first-order valence-corrected chi connectivity index (χ1v) is 8.76. The second-order valence-corrected chi connectivity index (χ2v) is 7.55. The SMILES string of the molecule is Cc1cccc(-c2ccc3c(c2NC(=O)OC(C)(C)C)CCNC3)c1. The van der Waals surface area contributed by atoms with Crippen LogP contribution in [0.3, 0.4) is 0 Å². The van der Waals surface area contributed by atoms with Gasteiger partial charge in [-0.1, -0.05) is 42.0 Å². The zero-order valence-corrected chi connectivity index (χ0v) is 15.4. The molecular formula is C21H26N2O2. The minimum Gasteiger partial charge on any atom is -0.444 e. The molecule has 0 aromatic heterocycles. The Morgan fingerprint density at radius 3 is 2.72 bits per heavy atom. The molecule has 0 bridgehead atoms. The number of ether oxygens (including phenoxy) is 1. The van der Waals surface area contributed by atoms with Crippen molar-refractivity contribution in [3.05, 3.63) is 53.1 Å². The zero-order chi connectivity index (χ0) is 18.0. The summed E-state index contributed by atoms with van der Waals surface area (Å²) in [6.07, 6.45) is 0.480. The summed E-state index contributed by atoms with van der Waals surface area (Å²) in [5.74, 6) is 0. The molecule has 1 heterocycles. The summed E-state index contributed by atoms with van der Waals surface area (Å²) in [4.78, 5) is 12.4. The number of amides is 1. The van der Waals surface area contributed by atoms with E-state index in [1.165, 1.54) is 16.7 Å². The minimum absolute atomic E-state index is 0.409. The van der Waals surface area contributed by atoms with Crippen molar-refractivity contribution < 1.29 is 9.53 Å². The van der Waals surface area contributed by atoms with Crippen LogP contribution in [0, 0.1) is 6.92 Å². The lowest BCUT2D eigenvalue weighted by Gasteiger charge is -2.25. The molecular weight excluding hydrogens is 312 g/mol. The average Bonchev–Trinajstić information content (AvgIpc) is 2.53. The first-order valence-electron chi connectivity index (χ1n) is 8.76. The van der Waals surface area contributed by atoms with Crippen molar-refractivity contribution in [1.29, 1.82) is 0 Å². The third kappa shape index (κ3) is 4.20. The molecule has 1 amide bonds. The van der Waals surface area contributed by atoms with E-state index in [1.807, 2.05) is 26.8 Å². The maximum atomic E-state index is 12.4. The van der Waals surface area contributed by atoms with Gasteiger partial charge in [0.25, 0.3) is 0 Å². The maximum absolute atomic E-state index is 12.4. The number of carbonyl (C=O) groups is 1. The molecule has 0 fully saturated rings. The molecule has 0 unspecified atom stereocenters. The van der Waals surface area contributed by atoms with Gasteiger partial charge >= 0.3 is 6.09 Å². The average molecular weight is 338 g/mol. The molecule has 4 heteroatoms. The van der Waals surface area contributed by atoms with Crippen LogP contribution in [0.2, 0.25) is 0 Å². The van der Waals surface area contributed by atoms with Crippen molar-refractivity contribution in [2.24, 2.45) is 0 Å². The highest BCUT2D eigenvalue weighted by Crippen LogP contribution is 2.35. The minimum atomic E-state index is -0.524. The number of hydrogen-bond acceptors (Lipinski definition) is 3. The Morgan fingerprint density at radius 2 is 2.00 bits per heavy atom. The molecule has 2 aromatic carbocycles. The highest BCUT2D eigenvalue weighted by Gasteiger charge is 2.22. The van der Waals surface area contributed by atoms with E-state index < -0.39 is 11.7 Å². The molecule has 0 radical (unpaired) electrons. The van der Waals surface area contributed by atoms with E-state index in [1.54, 1.807) is 0 Å². The lowest BCUT2D eigenvalue weighted by atomic mass is 9.92. The molecule has 0 saturated heterocycles. The van der Waals surface area contributed by atoms with Gasteiger partial charge in [0.1, 0.15) is 5.60 Å². The van der Waals surface area contributed by atoms with Gasteiger partial charge in [-0.25, -0.2) is 4.79 Å². The van der Waals surface area contributed by atoms with Crippen LogP contribution in [0.25, 0.3) is 11.1 Å². The van der Waals surface area contributed by atoms with Gasteiger partial charge in [0, 0.05) is 12.1 Å². The van der Waals surface area contributed by atoms with Crippen LogP contribution in [-0.4, -0.2) is 18.2 Å². The van der Waals surface area contributed by atoms with Crippen molar-refractivity contribution in [3.8, 4) is 11.1 Å². The van der Waals surface area contributed by atoms with E-state index >= 15 is 0 Å². The van der Waals surface area contributed by atoms with Gasteiger partial charge in [0.05, 0.1) is 5.69 Å². The molecule has 1 aliphatic heterocycles. The summed E-state index contributed by atoms with van der Waals surface area (Å²) >= 11 is 0. The largest absolute Gasteiger partial charge is 0.444 e. The molecule has 0 aliphatic carbocycles. The third-order valence-corrected chi connectivity index (χ3v) is 4.23. The van der Waals surface area contributed by atoms with Crippen LogP contribution in [-0.2, 0) is 17.7 Å². The number of rotatable bonds is 2. The summed E-state index contributed by atoms with van der Waals surface area (Å²) in [6, 6.07) is 12.6. The molecule has 3 rings (SSSR count). The highest BCUT2D eigenvalue weighted by atomic mass is 16.6. The Kier molecular flexibility index (Phi) is 4.82. The second-order valence-electron chi connectivity index (χ2n) is 7.55. The quantitative estimate of drug-likeness (QED) is 0.837. The maximum Gasteiger partial charge on any atom is 0.412 e. The molecule has 2 N–H and O–H groups in total. The first kappa shape index (κ1) is 17.5. The van der Waals surface area contributed by atoms with Crippen LogP contribution in [0.15, 0.2) is 36.4 Å². The Hall–Kier alpha value is -2.33. The number of carbonyl (C=O) groups excluding carboxylic acids is 1. The molecule has 0 spiro atoms. The van der Waals surface area contributed by atoms with E-state index in [0.717, 1.165) is 36.3 Å². The fourth-order valence-corrected chi connectivity index (χ4v) is 3.18. The summed E-state index contributed by atoms with van der Waals surface area (Å²) in [6.45, 7) is 9.43. The van der Waals surface area contributed by atoms with Gasteiger partial charge in [0.2, 0.25) is 0 Å². The molecule has 0 saturated carbocycles. The predicted octanol–water partition coefficient (Wildman–Crippen LogP) is 4.65. The van der Waals surface area contributed by atoms with Gasteiger partial charge < -0.3 is 10.1 Å². The predicted molar refractivity (Wildman–Crippen MR) is 102 cm³/mol. The van der Waals surface area contributed by atoms with E-state index in [0.29, 0.717) is 0 Å². The summed E-state index contributed by atoms with van der Waals surface area (Å²) in [5, 5.41) is 6.41. The number of nitrogens with one attached hydrogen (secondary N) is 2. The number of hydrogen-bond donors (Lipinski definition) is 2. The Morgan fingerprint density at radius 1 is 1.20 bits per heavy atom. The molecule has 2 aromatic rings. The lowest BCUT2D eigenvalue weighted by Crippen LogP contribution is -2.29. The van der Waals surface area contributed by atoms with Crippen LogP contribution < -0.4 is 10.6 Å². The van der Waals surface area contributed by atoms with Crippen LogP contribution in [0.1, 0.15) is 37.5 Å². The molecule has 25 heavy (non-hydrogen) atoms. The number of anilines is 1. The van der Waals surface area contributed by atoms with Gasteiger partial charge in [-0.15, -0.1) is 0 Å². The zero-order valence-electron chi connectivity index (χ0n) is 15.4. The Balaban J connectivity index is 2.04. The van der Waals surface area contributed by atoms with Gasteiger partial charge in [-0.05, 0) is 57.4 Å². The standard InChI is InChI=1S/C21H26N2O2/c1-14-6-5-7-15(12-14)17-9-8-16-13-22-11-10-18(16)19(17)23-20(24)25-21(2,3)4/h5-9,12,22H,10-11,13H2,1-4H3,(H,23,24). The van der Waals surface area contributed by atoms with E-state index in [4.69, 9.17) is 4.74 Å². The van der Waals surface area contributed by atoms with Gasteiger partial charge in [-0.3, -0.25) is 5.32 Å². The topological polar surface area (TPSA) is 50.4 Å². The highest BCUT2D eigenvalue weighted by molar-refractivity contribution is 5.93. The fraction of sp³-hybridized carbons (Fsp3) is 0.381. The van der Waals surface area contributed by atoms with Crippen LogP contribution in [0.4, 0.5) is 10.5 Å². The molecule has 4 nitrogen and oxygen atoms in total. The monoisotopic (exact) mass is 338 g/mol. The van der Waals surface area contributed by atoms with Crippen molar-refractivity contribution in [2.75, 3.05) is 11.9 Å². The van der Waals surface area contributed by atoms with Crippen molar-refractivity contribution in [2.45, 2.75) is 46.3 Å².